The number of pyridine rings is 1. The van der Waals surface area contributed by atoms with Crippen molar-refractivity contribution in [3.05, 3.63) is 65.1 Å². The van der Waals surface area contributed by atoms with E-state index >= 15 is 0 Å². The number of aromatic nitrogens is 1. The lowest BCUT2D eigenvalue weighted by atomic mass is 10.2. The third-order valence-electron chi connectivity index (χ3n) is 2.47. The minimum Gasteiger partial charge on any atom is -0.439 e. The Balaban J connectivity index is 2.08. The van der Waals surface area contributed by atoms with E-state index in [1.54, 1.807) is 24.3 Å². The molecule has 1 aromatic carbocycles. The van der Waals surface area contributed by atoms with Gasteiger partial charge in [-0.3, -0.25) is 0 Å². The first kappa shape index (κ1) is 13.9. The molecule has 0 aliphatic carbocycles. The van der Waals surface area contributed by atoms with Crippen LogP contribution in [0.3, 0.4) is 0 Å². The highest BCUT2D eigenvalue weighted by Gasteiger charge is 2.30. The van der Waals surface area contributed by atoms with Gasteiger partial charge in [0.05, 0.1) is 5.56 Å². The zero-order chi connectivity index (χ0) is 14.6. The van der Waals surface area contributed by atoms with Gasteiger partial charge in [0.1, 0.15) is 5.75 Å². The fraction of sp³-hybridized carbons (Fsp3) is 0.143. The maximum Gasteiger partial charge on any atom is 0.417 e. The molecule has 0 atom stereocenters. The molecule has 2 aromatic rings. The molecule has 1 heterocycles. The summed E-state index contributed by atoms with van der Waals surface area (Å²) in [7, 11) is 0. The second kappa shape index (κ2) is 5.61. The fourth-order valence-electron chi connectivity index (χ4n) is 1.48. The summed E-state index contributed by atoms with van der Waals surface area (Å²) in [4.78, 5) is 6.85. The first-order valence-electron chi connectivity index (χ1n) is 5.62. The van der Waals surface area contributed by atoms with Crippen LogP contribution in [0.15, 0.2) is 42.6 Å². The summed E-state index contributed by atoms with van der Waals surface area (Å²) in [6.45, 7) is 7.01. The van der Waals surface area contributed by atoms with E-state index in [2.05, 4.69) is 9.83 Å². The molecule has 0 amide bonds. The van der Waals surface area contributed by atoms with Crippen LogP contribution >= 0.6 is 0 Å². The van der Waals surface area contributed by atoms with Crippen molar-refractivity contribution in [1.82, 2.24) is 4.98 Å². The van der Waals surface area contributed by atoms with Gasteiger partial charge in [-0.1, -0.05) is 0 Å². The lowest BCUT2D eigenvalue weighted by Gasteiger charge is -2.08. The van der Waals surface area contributed by atoms with Crippen molar-refractivity contribution in [3.63, 3.8) is 0 Å². The van der Waals surface area contributed by atoms with E-state index in [4.69, 9.17) is 11.3 Å². The van der Waals surface area contributed by atoms with E-state index in [1.165, 1.54) is 0 Å². The predicted octanol–water partition coefficient (Wildman–Crippen LogP) is 4.31. The third-order valence-corrected chi connectivity index (χ3v) is 2.47. The number of nitrogens with zero attached hydrogens (tertiary/aromatic N) is 2. The Labute approximate surface area is 113 Å². The molecule has 3 nitrogen and oxygen atoms in total. The lowest BCUT2D eigenvalue weighted by molar-refractivity contribution is -0.137. The third kappa shape index (κ3) is 3.48. The Morgan fingerprint density at radius 3 is 2.30 bits per heavy atom. The van der Waals surface area contributed by atoms with Gasteiger partial charge in [0.2, 0.25) is 12.4 Å². The van der Waals surface area contributed by atoms with Crippen molar-refractivity contribution in [2.45, 2.75) is 12.7 Å². The molecule has 102 valence electrons. The van der Waals surface area contributed by atoms with E-state index < -0.39 is 11.7 Å². The van der Waals surface area contributed by atoms with Gasteiger partial charge >= 0.3 is 6.18 Å². The van der Waals surface area contributed by atoms with Crippen LogP contribution in [0.1, 0.15) is 11.1 Å². The number of rotatable bonds is 3. The topological polar surface area (TPSA) is 26.5 Å². The average molecular weight is 278 g/mol. The monoisotopic (exact) mass is 278 g/mol. The lowest BCUT2D eigenvalue weighted by Crippen LogP contribution is -2.05. The molecular formula is C14H9F3N2O. The van der Waals surface area contributed by atoms with Gasteiger partial charge in [0.15, 0.2) is 0 Å². The molecule has 0 unspecified atom stereocenters. The van der Waals surface area contributed by atoms with Crippen LogP contribution in [-0.2, 0) is 12.7 Å². The number of ether oxygens (including phenoxy) is 1. The van der Waals surface area contributed by atoms with E-state index in [9.17, 15) is 13.2 Å². The smallest absolute Gasteiger partial charge is 0.417 e. The molecule has 0 fully saturated rings. The van der Waals surface area contributed by atoms with Gasteiger partial charge in [0, 0.05) is 17.8 Å². The highest BCUT2D eigenvalue weighted by molar-refractivity contribution is 5.31. The predicted molar refractivity (Wildman–Crippen MR) is 66.1 cm³/mol. The molecule has 0 aliphatic rings. The second-order valence-electron chi connectivity index (χ2n) is 3.95. The minimum atomic E-state index is -4.41. The number of halogens is 3. The zero-order valence-electron chi connectivity index (χ0n) is 10.2. The quantitative estimate of drug-likeness (QED) is 0.782. The first-order chi connectivity index (χ1) is 9.49. The van der Waals surface area contributed by atoms with E-state index in [0.29, 0.717) is 5.75 Å². The maximum atomic E-state index is 12.4. The second-order valence-corrected chi connectivity index (χ2v) is 3.95. The molecule has 1 aromatic heterocycles. The van der Waals surface area contributed by atoms with Gasteiger partial charge in [-0.25, -0.2) is 11.6 Å². The molecule has 2 rings (SSSR count). The Hall–Kier alpha value is -2.55. The molecule has 6 heteroatoms. The summed E-state index contributed by atoms with van der Waals surface area (Å²) >= 11 is 0. The van der Waals surface area contributed by atoms with Crippen LogP contribution in [0.2, 0.25) is 0 Å². The largest absolute Gasteiger partial charge is 0.439 e. The van der Waals surface area contributed by atoms with Crippen LogP contribution in [-0.4, -0.2) is 4.98 Å². The molecular weight excluding hydrogens is 269 g/mol. The summed E-state index contributed by atoms with van der Waals surface area (Å²) in [5, 5.41) is 0. The van der Waals surface area contributed by atoms with Crippen LogP contribution in [0.4, 0.5) is 13.2 Å². The Morgan fingerprint density at radius 2 is 1.80 bits per heavy atom. The van der Waals surface area contributed by atoms with Crippen LogP contribution in [0, 0.1) is 6.57 Å². The Bertz CT molecular complexity index is 613. The average Bonchev–Trinajstić information content (AvgIpc) is 2.41. The maximum absolute atomic E-state index is 12.4. The fourth-order valence-corrected chi connectivity index (χ4v) is 1.48. The van der Waals surface area contributed by atoms with Gasteiger partial charge in [-0.15, -0.1) is 0 Å². The van der Waals surface area contributed by atoms with Crippen molar-refractivity contribution in [1.29, 1.82) is 0 Å². The van der Waals surface area contributed by atoms with E-state index in [0.717, 1.165) is 23.9 Å². The normalized spacial score (nSPS) is 10.9. The van der Waals surface area contributed by atoms with Crippen molar-refractivity contribution in [3.8, 4) is 11.6 Å². The Morgan fingerprint density at radius 1 is 1.10 bits per heavy atom. The molecule has 0 N–H and O–H groups in total. The van der Waals surface area contributed by atoms with Crippen LogP contribution in [0.25, 0.3) is 4.85 Å². The van der Waals surface area contributed by atoms with E-state index in [1.807, 2.05) is 0 Å². The summed E-state index contributed by atoms with van der Waals surface area (Å²) < 4.78 is 42.4. The first-order valence-corrected chi connectivity index (χ1v) is 5.62. The molecule has 0 aliphatic heterocycles. The number of alkyl halides is 3. The number of hydrogen-bond acceptors (Lipinski definition) is 2. The zero-order valence-corrected chi connectivity index (χ0v) is 10.2. The summed E-state index contributed by atoms with van der Waals surface area (Å²) in [6.07, 6.45) is -3.68. The minimum absolute atomic E-state index is 0.0796. The van der Waals surface area contributed by atoms with Gasteiger partial charge in [-0.2, -0.15) is 13.2 Å². The number of benzene rings is 1. The summed E-state index contributed by atoms with van der Waals surface area (Å²) in [5.74, 6) is 0.530. The van der Waals surface area contributed by atoms with Crippen molar-refractivity contribution >= 4 is 0 Å². The highest BCUT2D eigenvalue weighted by Crippen LogP contribution is 2.30. The number of hydrogen-bond donors (Lipinski definition) is 0. The molecule has 20 heavy (non-hydrogen) atoms. The molecule has 0 spiro atoms. The van der Waals surface area contributed by atoms with Crippen molar-refractivity contribution in [2.75, 3.05) is 0 Å². The standard InChI is InChI=1S/C14H9F3N2O/c1-18-8-10-2-5-12(6-3-10)20-13-7-4-11(9-19-13)14(15,16)17/h2-7,9H,8H2. The van der Waals surface area contributed by atoms with Crippen molar-refractivity contribution < 1.29 is 17.9 Å². The summed E-state index contributed by atoms with van der Waals surface area (Å²) in [6, 6.07) is 8.79. The van der Waals surface area contributed by atoms with E-state index in [-0.39, 0.29) is 12.4 Å². The molecule has 0 bridgehead atoms. The Kier molecular flexibility index (Phi) is 3.89. The molecule has 0 saturated heterocycles. The van der Waals surface area contributed by atoms with Gasteiger partial charge in [-0.05, 0) is 30.3 Å². The van der Waals surface area contributed by atoms with Crippen molar-refractivity contribution in [2.24, 2.45) is 0 Å². The van der Waals surface area contributed by atoms with Gasteiger partial charge < -0.3 is 9.58 Å². The van der Waals surface area contributed by atoms with Crippen LogP contribution < -0.4 is 4.74 Å². The van der Waals surface area contributed by atoms with Crippen LogP contribution in [0.5, 0.6) is 11.6 Å². The summed E-state index contributed by atoms with van der Waals surface area (Å²) in [5.41, 5.74) is 0.0185. The molecule has 0 radical (unpaired) electrons. The SMILES string of the molecule is [C-]#[N+]Cc1ccc(Oc2ccc(C(F)(F)F)cn2)cc1. The van der Waals surface area contributed by atoms with Gasteiger partial charge in [0.25, 0.3) is 0 Å². The highest BCUT2D eigenvalue weighted by atomic mass is 19.4. The molecule has 0 saturated carbocycles.